The summed E-state index contributed by atoms with van der Waals surface area (Å²) in [5.41, 5.74) is 0.458. The van der Waals surface area contributed by atoms with Gasteiger partial charge in [-0.1, -0.05) is 12.2 Å². The van der Waals surface area contributed by atoms with Crippen LogP contribution in [0.3, 0.4) is 0 Å². The smallest absolute Gasteiger partial charge is 0.410 e. The Balaban J connectivity index is 4.15. The van der Waals surface area contributed by atoms with Crippen molar-refractivity contribution >= 4 is 6.09 Å². The quantitative estimate of drug-likeness (QED) is 0.558. The number of allylic oxidation sites excluding steroid dienone is 2. The zero-order chi connectivity index (χ0) is 14.3. The molecule has 0 rings (SSSR count). The molecule has 0 saturated heterocycles. The van der Waals surface area contributed by atoms with Gasteiger partial charge in [0.15, 0.2) is 0 Å². The average molecular weight is 255 g/mol. The number of carbonyl (C=O) groups is 1. The Labute approximate surface area is 110 Å². The van der Waals surface area contributed by atoms with E-state index in [4.69, 9.17) is 9.47 Å². The molecule has 4 nitrogen and oxygen atoms in total. The topological polar surface area (TPSA) is 38.8 Å². The molecule has 0 unspecified atom stereocenters. The minimum absolute atomic E-state index is 0.317. The predicted octanol–water partition coefficient (Wildman–Crippen LogP) is 3.35. The fourth-order valence-electron chi connectivity index (χ4n) is 1.16. The molecule has 0 aromatic rings. The lowest BCUT2D eigenvalue weighted by atomic mass is 10.2. The molecule has 0 bridgehead atoms. The second-order valence-corrected chi connectivity index (χ2v) is 5.27. The monoisotopic (exact) mass is 255 g/mol. The van der Waals surface area contributed by atoms with Crippen molar-refractivity contribution in [3.8, 4) is 0 Å². The third-order valence-corrected chi connectivity index (χ3v) is 2.20. The van der Waals surface area contributed by atoms with E-state index in [-0.39, 0.29) is 6.09 Å². The van der Waals surface area contributed by atoms with Gasteiger partial charge in [-0.15, -0.1) is 0 Å². The molecule has 0 aromatic heterocycles. The standard InChI is InChI=1S/C14H25NO3/c1-11(10-12(2)17-7)8-9-15(6)13(16)18-14(3,4)5/h10H,1,8-9H2,2-7H3/b12-10+. The van der Waals surface area contributed by atoms with Crippen molar-refractivity contribution in [2.45, 2.75) is 39.7 Å². The maximum atomic E-state index is 11.7. The zero-order valence-corrected chi connectivity index (χ0v) is 12.4. The first-order valence-electron chi connectivity index (χ1n) is 6.00. The Hall–Kier alpha value is -1.45. The van der Waals surface area contributed by atoms with Gasteiger partial charge in [-0.3, -0.25) is 0 Å². The van der Waals surface area contributed by atoms with Crippen LogP contribution in [0.1, 0.15) is 34.1 Å². The fourth-order valence-corrected chi connectivity index (χ4v) is 1.16. The molecule has 0 heterocycles. The molecular formula is C14H25NO3. The number of amides is 1. The molecule has 0 aromatic carbocycles. The molecule has 0 aliphatic carbocycles. The van der Waals surface area contributed by atoms with E-state index in [1.807, 2.05) is 33.8 Å². The van der Waals surface area contributed by atoms with E-state index < -0.39 is 5.60 Å². The molecular weight excluding hydrogens is 230 g/mol. The van der Waals surface area contributed by atoms with Crippen LogP contribution in [0.25, 0.3) is 0 Å². The summed E-state index contributed by atoms with van der Waals surface area (Å²) in [7, 11) is 3.33. The molecule has 0 fully saturated rings. The van der Waals surface area contributed by atoms with Crippen molar-refractivity contribution in [3.05, 3.63) is 24.0 Å². The van der Waals surface area contributed by atoms with E-state index in [9.17, 15) is 4.79 Å². The first-order chi connectivity index (χ1) is 8.15. The molecule has 0 N–H and O–H groups in total. The van der Waals surface area contributed by atoms with Gasteiger partial charge < -0.3 is 14.4 Å². The van der Waals surface area contributed by atoms with Crippen LogP contribution in [-0.4, -0.2) is 37.3 Å². The summed E-state index contributed by atoms with van der Waals surface area (Å²) in [4.78, 5) is 13.2. The first-order valence-corrected chi connectivity index (χ1v) is 6.00. The second kappa shape index (κ2) is 7.09. The van der Waals surface area contributed by atoms with Gasteiger partial charge in [0.2, 0.25) is 0 Å². The fraction of sp³-hybridized carbons (Fsp3) is 0.643. The predicted molar refractivity (Wildman–Crippen MR) is 73.4 cm³/mol. The van der Waals surface area contributed by atoms with Crippen LogP contribution in [-0.2, 0) is 9.47 Å². The number of hydrogen-bond acceptors (Lipinski definition) is 3. The highest BCUT2D eigenvalue weighted by Gasteiger charge is 2.19. The van der Waals surface area contributed by atoms with Gasteiger partial charge in [-0.2, -0.15) is 0 Å². The highest BCUT2D eigenvalue weighted by molar-refractivity contribution is 5.67. The number of carbonyl (C=O) groups excluding carboxylic acids is 1. The summed E-state index contributed by atoms with van der Waals surface area (Å²) < 4.78 is 10.3. The van der Waals surface area contributed by atoms with Crippen LogP contribution in [0.4, 0.5) is 4.79 Å². The van der Waals surface area contributed by atoms with Crippen LogP contribution >= 0.6 is 0 Å². The summed E-state index contributed by atoms with van der Waals surface area (Å²) in [6.07, 6.45) is 2.24. The largest absolute Gasteiger partial charge is 0.501 e. The van der Waals surface area contributed by atoms with E-state index in [1.165, 1.54) is 0 Å². The van der Waals surface area contributed by atoms with Crippen molar-refractivity contribution in [2.24, 2.45) is 0 Å². The summed E-state index contributed by atoms with van der Waals surface area (Å²) in [5.74, 6) is 0.805. The molecule has 0 saturated carbocycles. The van der Waals surface area contributed by atoms with Gasteiger partial charge in [0.1, 0.15) is 5.60 Å². The SMILES string of the molecule is C=C(/C=C(\C)OC)CCN(C)C(=O)OC(C)(C)C. The van der Waals surface area contributed by atoms with Gasteiger partial charge in [0.25, 0.3) is 0 Å². The lowest BCUT2D eigenvalue weighted by Crippen LogP contribution is -2.34. The molecule has 4 heteroatoms. The summed E-state index contributed by atoms with van der Waals surface area (Å²) in [5, 5.41) is 0. The Morgan fingerprint density at radius 2 is 1.94 bits per heavy atom. The zero-order valence-electron chi connectivity index (χ0n) is 12.4. The number of hydrogen-bond donors (Lipinski definition) is 0. The van der Waals surface area contributed by atoms with Crippen LogP contribution in [0.5, 0.6) is 0 Å². The van der Waals surface area contributed by atoms with Crippen LogP contribution in [0.15, 0.2) is 24.0 Å². The lowest BCUT2D eigenvalue weighted by Gasteiger charge is -2.24. The Morgan fingerprint density at radius 3 is 2.39 bits per heavy atom. The van der Waals surface area contributed by atoms with Crippen molar-refractivity contribution in [1.29, 1.82) is 0 Å². The third-order valence-electron chi connectivity index (χ3n) is 2.20. The van der Waals surface area contributed by atoms with Crippen molar-refractivity contribution < 1.29 is 14.3 Å². The molecule has 0 spiro atoms. The third kappa shape index (κ3) is 7.76. The van der Waals surface area contributed by atoms with Gasteiger partial charge in [0, 0.05) is 13.6 Å². The number of ether oxygens (including phenoxy) is 2. The van der Waals surface area contributed by atoms with E-state index in [0.717, 1.165) is 11.3 Å². The highest BCUT2D eigenvalue weighted by atomic mass is 16.6. The number of nitrogens with zero attached hydrogens (tertiary/aromatic N) is 1. The normalized spacial score (nSPS) is 12.0. The first kappa shape index (κ1) is 16.6. The molecule has 18 heavy (non-hydrogen) atoms. The van der Waals surface area contributed by atoms with E-state index >= 15 is 0 Å². The van der Waals surface area contributed by atoms with E-state index in [2.05, 4.69) is 6.58 Å². The van der Waals surface area contributed by atoms with Gasteiger partial charge in [-0.25, -0.2) is 4.79 Å². The minimum Gasteiger partial charge on any atom is -0.501 e. The van der Waals surface area contributed by atoms with E-state index in [0.29, 0.717) is 13.0 Å². The maximum Gasteiger partial charge on any atom is 0.410 e. The second-order valence-electron chi connectivity index (χ2n) is 5.27. The van der Waals surface area contributed by atoms with Crippen LogP contribution in [0.2, 0.25) is 0 Å². The number of methoxy groups -OCH3 is 1. The minimum atomic E-state index is -0.463. The Kier molecular flexibility index (Phi) is 6.52. The molecule has 0 aliphatic rings. The van der Waals surface area contributed by atoms with Gasteiger partial charge in [0.05, 0.1) is 12.9 Å². The molecule has 1 amide bonds. The average Bonchev–Trinajstić information content (AvgIpc) is 2.23. The van der Waals surface area contributed by atoms with Crippen LogP contribution in [0, 0.1) is 0 Å². The molecule has 0 atom stereocenters. The Morgan fingerprint density at radius 1 is 1.39 bits per heavy atom. The van der Waals surface area contributed by atoms with Crippen molar-refractivity contribution in [2.75, 3.05) is 20.7 Å². The van der Waals surface area contributed by atoms with Crippen molar-refractivity contribution in [3.63, 3.8) is 0 Å². The lowest BCUT2D eigenvalue weighted by molar-refractivity contribution is 0.0301. The summed E-state index contributed by atoms with van der Waals surface area (Å²) in [6, 6.07) is 0. The summed E-state index contributed by atoms with van der Waals surface area (Å²) in [6.45, 7) is 11.9. The molecule has 104 valence electrons. The number of rotatable bonds is 5. The summed E-state index contributed by atoms with van der Waals surface area (Å²) >= 11 is 0. The van der Waals surface area contributed by atoms with Crippen molar-refractivity contribution in [1.82, 2.24) is 4.90 Å². The highest BCUT2D eigenvalue weighted by Crippen LogP contribution is 2.11. The van der Waals surface area contributed by atoms with Crippen LogP contribution < -0.4 is 0 Å². The van der Waals surface area contributed by atoms with Gasteiger partial charge in [-0.05, 0) is 40.2 Å². The maximum absolute atomic E-state index is 11.7. The molecule has 0 radical (unpaired) electrons. The Bertz CT molecular complexity index is 326. The van der Waals surface area contributed by atoms with E-state index in [1.54, 1.807) is 19.1 Å². The molecule has 0 aliphatic heterocycles. The van der Waals surface area contributed by atoms with Gasteiger partial charge >= 0.3 is 6.09 Å².